The highest BCUT2D eigenvalue weighted by atomic mass is 16.2. The first-order chi connectivity index (χ1) is 14.0. The quantitative estimate of drug-likeness (QED) is 0.632. The molecule has 0 aliphatic rings. The van der Waals surface area contributed by atoms with Crippen LogP contribution in [0.3, 0.4) is 0 Å². The van der Waals surface area contributed by atoms with Gasteiger partial charge in [-0.1, -0.05) is 24.3 Å². The number of nitrogens with one attached hydrogen (secondary N) is 2. The number of likely N-dealkylation sites (N-methyl/N-ethyl adjacent to an activating group) is 1. The maximum atomic E-state index is 12.6. The number of H-pyrrole nitrogens is 1. The number of carbonyl (C=O) groups is 2. The molecule has 0 fully saturated rings. The third-order valence-electron chi connectivity index (χ3n) is 4.51. The van der Waals surface area contributed by atoms with Crippen LogP contribution in [0.1, 0.15) is 28.7 Å². The molecule has 3 aromatic rings. The van der Waals surface area contributed by atoms with Crippen LogP contribution in [0.5, 0.6) is 0 Å². The van der Waals surface area contributed by atoms with Crippen molar-refractivity contribution < 1.29 is 9.59 Å². The van der Waals surface area contributed by atoms with E-state index in [4.69, 9.17) is 0 Å². The third-order valence-corrected chi connectivity index (χ3v) is 4.51. The van der Waals surface area contributed by atoms with Crippen molar-refractivity contribution in [3.05, 3.63) is 81.9 Å². The first-order valence-corrected chi connectivity index (χ1v) is 9.29. The zero-order valence-electron chi connectivity index (χ0n) is 16.3. The van der Waals surface area contributed by atoms with Crippen LogP contribution in [-0.4, -0.2) is 40.3 Å². The van der Waals surface area contributed by atoms with Gasteiger partial charge in [-0.3, -0.25) is 14.4 Å². The lowest BCUT2D eigenvalue weighted by Gasteiger charge is -2.18. The van der Waals surface area contributed by atoms with Crippen LogP contribution in [0, 0.1) is 0 Å². The first-order valence-electron chi connectivity index (χ1n) is 9.29. The van der Waals surface area contributed by atoms with E-state index in [0.29, 0.717) is 28.8 Å². The summed E-state index contributed by atoms with van der Waals surface area (Å²) in [4.78, 5) is 45.1. The molecule has 0 aliphatic carbocycles. The van der Waals surface area contributed by atoms with Crippen LogP contribution in [0.2, 0.25) is 0 Å². The number of fused-ring (bicyclic) bond motifs is 1. The van der Waals surface area contributed by atoms with E-state index in [1.54, 1.807) is 60.5 Å². The number of aromatic nitrogens is 2. The Bertz CT molecular complexity index is 1120. The van der Waals surface area contributed by atoms with Gasteiger partial charge in [0.2, 0.25) is 5.91 Å². The number of hydrogen-bond acceptors (Lipinski definition) is 4. The second-order valence-corrected chi connectivity index (χ2v) is 6.42. The van der Waals surface area contributed by atoms with Crippen LogP contribution in [-0.2, 0) is 11.3 Å². The minimum absolute atomic E-state index is 0.161. The van der Waals surface area contributed by atoms with Gasteiger partial charge in [-0.15, -0.1) is 0 Å². The maximum absolute atomic E-state index is 12.6. The zero-order valence-corrected chi connectivity index (χ0v) is 16.3. The van der Waals surface area contributed by atoms with Crippen molar-refractivity contribution in [2.24, 2.45) is 0 Å². The summed E-state index contributed by atoms with van der Waals surface area (Å²) in [7, 11) is 1.58. The van der Waals surface area contributed by atoms with Crippen LogP contribution in [0.4, 0.5) is 0 Å². The van der Waals surface area contributed by atoms with Crippen LogP contribution < -0.4 is 10.9 Å². The standard InChI is InChI=1S/C22H22N4O3/c1-3-26(14-19-24-18-7-5-4-6-17(18)22(29)25-19)20(27)13-10-15-8-11-16(12-9-15)21(28)23-2/h4-13H,3,14H2,1-2H3,(H,23,28)(H,24,25,29)/b13-10+. The average Bonchev–Trinajstić information content (AvgIpc) is 2.75. The summed E-state index contributed by atoms with van der Waals surface area (Å²) in [5, 5.41) is 3.08. The van der Waals surface area contributed by atoms with Crippen molar-refractivity contribution in [1.82, 2.24) is 20.2 Å². The highest BCUT2D eigenvalue weighted by Crippen LogP contribution is 2.09. The predicted octanol–water partition coefficient (Wildman–Crippen LogP) is 2.34. The van der Waals surface area contributed by atoms with Crippen molar-refractivity contribution in [1.29, 1.82) is 0 Å². The van der Waals surface area contributed by atoms with Gasteiger partial charge in [-0.05, 0) is 42.8 Å². The van der Waals surface area contributed by atoms with Gasteiger partial charge in [0.15, 0.2) is 0 Å². The van der Waals surface area contributed by atoms with Crippen molar-refractivity contribution in [3.8, 4) is 0 Å². The van der Waals surface area contributed by atoms with Gasteiger partial charge in [-0.25, -0.2) is 4.98 Å². The molecular formula is C22H22N4O3. The van der Waals surface area contributed by atoms with Crippen molar-refractivity contribution in [2.45, 2.75) is 13.5 Å². The van der Waals surface area contributed by atoms with Gasteiger partial charge in [0.1, 0.15) is 5.82 Å². The number of carbonyl (C=O) groups excluding carboxylic acids is 2. The van der Waals surface area contributed by atoms with Gasteiger partial charge in [0, 0.05) is 25.2 Å². The number of nitrogens with zero attached hydrogens (tertiary/aromatic N) is 2. The molecule has 2 aromatic carbocycles. The Kier molecular flexibility index (Phi) is 6.19. The molecule has 1 heterocycles. The molecule has 0 radical (unpaired) electrons. The molecular weight excluding hydrogens is 368 g/mol. The first kappa shape index (κ1) is 20.0. The molecule has 2 amide bonds. The van der Waals surface area contributed by atoms with E-state index in [-0.39, 0.29) is 23.9 Å². The zero-order chi connectivity index (χ0) is 20.8. The van der Waals surface area contributed by atoms with Crippen LogP contribution >= 0.6 is 0 Å². The second-order valence-electron chi connectivity index (χ2n) is 6.42. The molecule has 148 valence electrons. The summed E-state index contributed by atoms with van der Waals surface area (Å²) in [6.45, 7) is 2.54. The Labute approximate surface area is 168 Å². The Hall–Kier alpha value is -3.74. The number of amides is 2. The average molecular weight is 390 g/mol. The fraction of sp³-hybridized carbons (Fsp3) is 0.182. The molecule has 1 aromatic heterocycles. The Balaban J connectivity index is 1.73. The van der Waals surface area contributed by atoms with Crippen molar-refractivity contribution >= 4 is 28.8 Å². The van der Waals surface area contributed by atoms with Crippen molar-refractivity contribution in [3.63, 3.8) is 0 Å². The molecule has 0 unspecified atom stereocenters. The lowest BCUT2D eigenvalue weighted by molar-refractivity contribution is -0.126. The number of hydrogen-bond donors (Lipinski definition) is 2. The van der Waals surface area contributed by atoms with Gasteiger partial charge in [0.25, 0.3) is 11.5 Å². The molecule has 7 heteroatoms. The summed E-state index contributed by atoms with van der Waals surface area (Å²) in [5.74, 6) is 0.0801. The monoisotopic (exact) mass is 390 g/mol. The fourth-order valence-electron chi connectivity index (χ4n) is 2.90. The lowest BCUT2D eigenvalue weighted by atomic mass is 10.1. The minimum atomic E-state index is -0.221. The summed E-state index contributed by atoms with van der Waals surface area (Å²) >= 11 is 0. The lowest BCUT2D eigenvalue weighted by Crippen LogP contribution is -2.30. The molecule has 0 spiro atoms. The van der Waals surface area contributed by atoms with E-state index in [1.807, 2.05) is 13.0 Å². The summed E-state index contributed by atoms with van der Waals surface area (Å²) in [6, 6.07) is 14.0. The molecule has 0 aliphatic heterocycles. The Morgan fingerprint density at radius 2 is 1.86 bits per heavy atom. The van der Waals surface area contributed by atoms with Crippen LogP contribution in [0.25, 0.3) is 17.0 Å². The number of aromatic amines is 1. The third kappa shape index (κ3) is 4.76. The van der Waals surface area contributed by atoms with E-state index in [1.165, 1.54) is 6.08 Å². The molecule has 29 heavy (non-hydrogen) atoms. The maximum Gasteiger partial charge on any atom is 0.258 e. The summed E-state index contributed by atoms with van der Waals surface area (Å²) < 4.78 is 0. The van der Waals surface area contributed by atoms with Gasteiger partial charge in [-0.2, -0.15) is 0 Å². The van der Waals surface area contributed by atoms with E-state index in [2.05, 4.69) is 15.3 Å². The SMILES string of the molecule is CCN(Cc1nc2ccccc2c(=O)[nH]1)C(=O)/C=C/c1ccc(C(=O)NC)cc1. The molecule has 0 saturated heterocycles. The molecule has 3 rings (SSSR count). The molecule has 0 bridgehead atoms. The molecule has 0 atom stereocenters. The van der Waals surface area contributed by atoms with E-state index in [9.17, 15) is 14.4 Å². The smallest absolute Gasteiger partial charge is 0.258 e. The van der Waals surface area contributed by atoms with Gasteiger partial charge >= 0.3 is 0 Å². The Morgan fingerprint density at radius 1 is 1.14 bits per heavy atom. The van der Waals surface area contributed by atoms with Crippen molar-refractivity contribution in [2.75, 3.05) is 13.6 Å². The minimum Gasteiger partial charge on any atom is -0.355 e. The number of para-hydroxylation sites is 1. The second kappa shape index (κ2) is 8.97. The molecule has 0 saturated carbocycles. The Morgan fingerprint density at radius 3 is 2.55 bits per heavy atom. The largest absolute Gasteiger partial charge is 0.355 e. The number of rotatable bonds is 6. The van der Waals surface area contributed by atoms with Gasteiger partial charge < -0.3 is 15.2 Å². The van der Waals surface area contributed by atoms with Crippen LogP contribution in [0.15, 0.2) is 59.4 Å². The molecule has 2 N–H and O–H groups in total. The molecule has 7 nitrogen and oxygen atoms in total. The van der Waals surface area contributed by atoms with E-state index >= 15 is 0 Å². The highest BCUT2D eigenvalue weighted by molar-refractivity contribution is 5.94. The summed E-state index contributed by atoms with van der Waals surface area (Å²) in [6.07, 6.45) is 3.16. The normalized spacial score (nSPS) is 11.0. The van der Waals surface area contributed by atoms with E-state index < -0.39 is 0 Å². The predicted molar refractivity (Wildman–Crippen MR) is 112 cm³/mol. The number of benzene rings is 2. The topological polar surface area (TPSA) is 95.2 Å². The van der Waals surface area contributed by atoms with Gasteiger partial charge in [0.05, 0.1) is 17.4 Å². The fourth-order valence-corrected chi connectivity index (χ4v) is 2.90. The summed E-state index contributed by atoms with van der Waals surface area (Å²) in [5.41, 5.74) is 1.74. The van der Waals surface area contributed by atoms with E-state index in [0.717, 1.165) is 5.56 Å². The highest BCUT2D eigenvalue weighted by Gasteiger charge is 2.12.